The monoisotopic (exact) mass is 478 g/mol. The zero-order valence-corrected chi connectivity index (χ0v) is 18.6. The Bertz CT molecular complexity index is 915. The molecule has 2 aromatic heterocycles. The van der Waals surface area contributed by atoms with Gasteiger partial charge in [-0.15, -0.1) is 34.2 Å². The molecule has 0 bridgehead atoms. The van der Waals surface area contributed by atoms with Gasteiger partial charge in [0.1, 0.15) is 0 Å². The van der Waals surface area contributed by atoms with E-state index in [-0.39, 0.29) is 29.4 Å². The number of aromatic nitrogens is 3. The first kappa shape index (κ1) is 21.1. The van der Waals surface area contributed by atoms with Gasteiger partial charge in [-0.1, -0.05) is 44.2 Å². The van der Waals surface area contributed by atoms with E-state index in [1.165, 1.54) is 11.1 Å². The third-order valence-corrected chi connectivity index (χ3v) is 4.59. The van der Waals surface area contributed by atoms with Crippen LogP contribution in [-0.2, 0) is 12.0 Å². The molecule has 6 nitrogen and oxygen atoms in total. The number of hydrogen-bond donors (Lipinski definition) is 2. The number of pyridine rings is 1. The number of aryl methyl sites for hydroxylation is 1. The molecule has 0 spiro atoms. The fourth-order valence-electron chi connectivity index (χ4n) is 3.13. The van der Waals surface area contributed by atoms with Crippen LogP contribution in [0, 0.1) is 6.92 Å². The van der Waals surface area contributed by atoms with Crippen molar-refractivity contribution in [1.29, 1.82) is 0 Å². The standard InChI is InChI=1S/C20H26N6.HI/c1-15-9-5-6-10-16(15)20(2,3)14-23-19(21-4)22-13-18-25-24-17-11-7-8-12-26(17)18;/h5-12H,13-14H2,1-4H3,(H2,21,22,23);1H. The molecular formula is C20H27IN6. The highest BCUT2D eigenvalue weighted by Crippen LogP contribution is 2.25. The minimum atomic E-state index is -0.00940. The lowest BCUT2D eigenvalue weighted by atomic mass is 9.82. The van der Waals surface area contributed by atoms with Crippen molar-refractivity contribution in [2.24, 2.45) is 4.99 Å². The molecule has 0 fully saturated rings. The average molecular weight is 478 g/mol. The molecule has 0 radical (unpaired) electrons. The van der Waals surface area contributed by atoms with Gasteiger partial charge in [0.15, 0.2) is 17.4 Å². The summed E-state index contributed by atoms with van der Waals surface area (Å²) in [5.74, 6) is 1.60. The maximum Gasteiger partial charge on any atom is 0.191 e. The first-order valence-electron chi connectivity index (χ1n) is 8.80. The highest BCUT2D eigenvalue weighted by atomic mass is 127. The minimum absolute atomic E-state index is 0. The van der Waals surface area contributed by atoms with Crippen LogP contribution in [-0.4, -0.2) is 34.2 Å². The van der Waals surface area contributed by atoms with E-state index in [0.29, 0.717) is 6.54 Å². The van der Waals surface area contributed by atoms with Gasteiger partial charge >= 0.3 is 0 Å². The van der Waals surface area contributed by atoms with Crippen molar-refractivity contribution in [3.63, 3.8) is 0 Å². The highest BCUT2D eigenvalue weighted by Gasteiger charge is 2.22. The van der Waals surface area contributed by atoms with Gasteiger partial charge in [0.2, 0.25) is 0 Å². The summed E-state index contributed by atoms with van der Waals surface area (Å²) in [5.41, 5.74) is 3.47. The first-order valence-corrected chi connectivity index (χ1v) is 8.80. The summed E-state index contributed by atoms with van der Waals surface area (Å²) in [6, 6.07) is 14.4. The van der Waals surface area contributed by atoms with Crippen LogP contribution in [0.1, 0.15) is 30.8 Å². The Morgan fingerprint density at radius 1 is 1.07 bits per heavy atom. The number of fused-ring (bicyclic) bond motifs is 1. The number of halogens is 1. The summed E-state index contributed by atoms with van der Waals surface area (Å²) < 4.78 is 1.97. The molecule has 2 N–H and O–H groups in total. The Hall–Kier alpha value is -2.16. The van der Waals surface area contributed by atoms with Gasteiger partial charge in [0, 0.05) is 25.2 Å². The lowest BCUT2D eigenvalue weighted by Gasteiger charge is -2.28. The van der Waals surface area contributed by atoms with E-state index >= 15 is 0 Å². The van der Waals surface area contributed by atoms with E-state index < -0.39 is 0 Å². The number of nitrogens with zero attached hydrogens (tertiary/aromatic N) is 4. The molecule has 0 amide bonds. The molecular weight excluding hydrogens is 451 g/mol. The summed E-state index contributed by atoms with van der Waals surface area (Å²) in [4.78, 5) is 4.32. The summed E-state index contributed by atoms with van der Waals surface area (Å²) in [6.07, 6.45) is 1.96. The van der Waals surface area contributed by atoms with Gasteiger partial charge in [0.05, 0.1) is 6.54 Å². The summed E-state index contributed by atoms with van der Waals surface area (Å²) in [5, 5.41) is 15.2. The third kappa shape index (κ3) is 4.97. The van der Waals surface area contributed by atoms with Crippen LogP contribution >= 0.6 is 24.0 Å². The zero-order chi connectivity index (χ0) is 18.6. The van der Waals surface area contributed by atoms with Gasteiger partial charge in [0.25, 0.3) is 0 Å². The van der Waals surface area contributed by atoms with Gasteiger partial charge in [-0.2, -0.15) is 0 Å². The van der Waals surface area contributed by atoms with E-state index in [4.69, 9.17) is 0 Å². The molecule has 144 valence electrons. The second kappa shape index (κ2) is 9.16. The van der Waals surface area contributed by atoms with Crippen LogP contribution < -0.4 is 10.6 Å². The van der Waals surface area contributed by atoms with Crippen LogP contribution in [0.3, 0.4) is 0 Å². The minimum Gasteiger partial charge on any atom is -0.356 e. The molecule has 0 atom stereocenters. The van der Waals surface area contributed by atoms with Crippen molar-refractivity contribution in [3.8, 4) is 0 Å². The number of hydrogen-bond acceptors (Lipinski definition) is 3. The molecule has 0 aliphatic carbocycles. The Morgan fingerprint density at radius 2 is 1.81 bits per heavy atom. The largest absolute Gasteiger partial charge is 0.356 e. The molecule has 27 heavy (non-hydrogen) atoms. The van der Waals surface area contributed by atoms with Crippen molar-refractivity contribution >= 4 is 35.6 Å². The fraction of sp³-hybridized carbons (Fsp3) is 0.350. The fourth-order valence-corrected chi connectivity index (χ4v) is 3.13. The van der Waals surface area contributed by atoms with Gasteiger partial charge in [-0.25, -0.2) is 0 Å². The molecule has 0 saturated carbocycles. The smallest absolute Gasteiger partial charge is 0.191 e. The molecule has 2 heterocycles. The number of guanidine groups is 1. The summed E-state index contributed by atoms with van der Waals surface area (Å²) >= 11 is 0. The Kier molecular flexibility index (Phi) is 7.18. The van der Waals surface area contributed by atoms with Crippen molar-refractivity contribution < 1.29 is 0 Å². The average Bonchev–Trinajstić information content (AvgIpc) is 3.05. The van der Waals surface area contributed by atoms with E-state index in [2.05, 4.69) is 70.9 Å². The second-order valence-corrected chi connectivity index (χ2v) is 7.02. The number of benzene rings is 1. The van der Waals surface area contributed by atoms with E-state index in [0.717, 1.165) is 24.0 Å². The molecule has 7 heteroatoms. The van der Waals surface area contributed by atoms with Crippen molar-refractivity contribution in [2.75, 3.05) is 13.6 Å². The lowest BCUT2D eigenvalue weighted by Crippen LogP contribution is -2.43. The molecule has 1 aromatic carbocycles. The number of aliphatic imine (C=N–C) groups is 1. The first-order chi connectivity index (χ1) is 12.5. The summed E-state index contributed by atoms with van der Waals surface area (Å²) in [7, 11) is 1.78. The third-order valence-electron chi connectivity index (χ3n) is 4.59. The van der Waals surface area contributed by atoms with Crippen molar-refractivity contribution in [1.82, 2.24) is 25.2 Å². The molecule has 3 aromatic rings. The predicted octanol–water partition coefficient (Wildman–Crippen LogP) is 3.30. The molecule has 0 saturated heterocycles. The molecule has 0 unspecified atom stereocenters. The van der Waals surface area contributed by atoms with Crippen LogP contribution in [0.15, 0.2) is 53.7 Å². The van der Waals surface area contributed by atoms with Crippen molar-refractivity contribution in [3.05, 3.63) is 65.6 Å². The molecule has 0 aliphatic heterocycles. The van der Waals surface area contributed by atoms with E-state index in [1.54, 1.807) is 7.05 Å². The topological polar surface area (TPSA) is 66.6 Å². The SMILES string of the molecule is CN=C(NCc1nnc2ccccn12)NCC(C)(C)c1ccccc1C.I. The summed E-state index contributed by atoms with van der Waals surface area (Å²) in [6.45, 7) is 7.96. The Morgan fingerprint density at radius 3 is 2.56 bits per heavy atom. The molecule has 0 aliphatic rings. The normalized spacial score (nSPS) is 11.9. The zero-order valence-electron chi connectivity index (χ0n) is 16.2. The lowest BCUT2D eigenvalue weighted by molar-refractivity contribution is 0.505. The second-order valence-electron chi connectivity index (χ2n) is 7.02. The van der Waals surface area contributed by atoms with Crippen molar-refractivity contribution in [2.45, 2.75) is 32.7 Å². The maximum atomic E-state index is 4.32. The van der Waals surface area contributed by atoms with Crippen LogP contribution in [0.4, 0.5) is 0 Å². The van der Waals surface area contributed by atoms with E-state index in [9.17, 15) is 0 Å². The maximum absolute atomic E-state index is 4.32. The van der Waals surface area contributed by atoms with E-state index in [1.807, 2.05) is 28.8 Å². The quantitative estimate of drug-likeness (QED) is 0.336. The number of nitrogens with one attached hydrogen (secondary N) is 2. The predicted molar refractivity (Wildman–Crippen MR) is 121 cm³/mol. The highest BCUT2D eigenvalue weighted by molar-refractivity contribution is 14.0. The Balaban J connectivity index is 0.00000261. The van der Waals surface area contributed by atoms with Crippen LogP contribution in [0.25, 0.3) is 5.65 Å². The van der Waals surface area contributed by atoms with Gasteiger partial charge in [-0.3, -0.25) is 9.39 Å². The Labute approximate surface area is 177 Å². The number of rotatable bonds is 5. The van der Waals surface area contributed by atoms with Gasteiger partial charge < -0.3 is 10.6 Å². The van der Waals surface area contributed by atoms with Crippen LogP contribution in [0.5, 0.6) is 0 Å². The molecule has 3 rings (SSSR count). The van der Waals surface area contributed by atoms with Crippen LogP contribution in [0.2, 0.25) is 0 Å². The van der Waals surface area contributed by atoms with Gasteiger partial charge in [-0.05, 0) is 30.2 Å².